The molecule has 0 aliphatic carbocycles. The molecule has 186 valence electrons. The maximum Gasteiger partial charge on any atom is 0.416 e. The molecule has 2 unspecified atom stereocenters. The van der Waals surface area contributed by atoms with Gasteiger partial charge in [0, 0.05) is 12.8 Å². The van der Waals surface area contributed by atoms with Crippen LogP contribution in [-0.2, 0) is 27.0 Å². The number of halogens is 6. The molecule has 0 N–H and O–H groups in total. The van der Waals surface area contributed by atoms with Crippen LogP contribution in [0.15, 0.2) is 59.2 Å². The topological polar surface area (TPSA) is 66.8 Å². The molecule has 5 nitrogen and oxygen atoms in total. The van der Waals surface area contributed by atoms with Crippen LogP contribution in [0, 0.1) is 5.92 Å². The van der Waals surface area contributed by atoms with E-state index in [-0.39, 0.29) is 22.4 Å². The molecule has 2 aromatic carbocycles. The van der Waals surface area contributed by atoms with Gasteiger partial charge in [0.25, 0.3) is 0 Å². The second-order valence-corrected chi connectivity index (χ2v) is 10.5. The molecule has 2 aliphatic rings. The Kier molecular flexibility index (Phi) is 6.06. The maximum atomic E-state index is 13.3. The lowest BCUT2D eigenvalue weighted by Crippen LogP contribution is -2.38. The van der Waals surface area contributed by atoms with Crippen LogP contribution < -0.4 is 0 Å². The summed E-state index contributed by atoms with van der Waals surface area (Å²) in [7, 11) is -3.80. The first-order valence-corrected chi connectivity index (χ1v) is 12.1. The summed E-state index contributed by atoms with van der Waals surface area (Å²) in [5.74, 6) is -2.61. The second-order valence-electron chi connectivity index (χ2n) is 8.37. The fraction of sp³-hybridized carbons (Fsp3) is 0.304. The highest BCUT2D eigenvalue weighted by Crippen LogP contribution is 2.43. The Hall–Kier alpha value is -3.15. The van der Waals surface area contributed by atoms with E-state index < -0.39 is 62.7 Å². The molecule has 35 heavy (non-hydrogen) atoms. The molecule has 1 fully saturated rings. The van der Waals surface area contributed by atoms with Crippen molar-refractivity contribution in [2.75, 3.05) is 11.5 Å². The second kappa shape index (κ2) is 8.51. The fourth-order valence-corrected chi connectivity index (χ4v) is 6.06. The van der Waals surface area contributed by atoms with Crippen molar-refractivity contribution in [3.8, 4) is 0 Å². The van der Waals surface area contributed by atoms with E-state index in [1.54, 1.807) is 0 Å². The van der Waals surface area contributed by atoms with Crippen molar-refractivity contribution in [3.05, 3.63) is 76.4 Å². The lowest BCUT2D eigenvalue weighted by atomic mass is 9.87. The summed E-state index contributed by atoms with van der Waals surface area (Å²) in [6, 6.07) is 7.35. The smallest absolute Gasteiger partial charge is 0.273 e. The summed E-state index contributed by atoms with van der Waals surface area (Å²) in [5.41, 5.74) is -1.54. The van der Waals surface area contributed by atoms with E-state index >= 15 is 0 Å². The van der Waals surface area contributed by atoms with E-state index in [0.717, 1.165) is 42.3 Å². The molecule has 0 saturated carbocycles. The molecular weight excluding hydrogens is 498 g/mol. The zero-order chi connectivity index (χ0) is 25.8. The normalized spacial score (nSPS) is 23.2. The number of sulfone groups is 1. The zero-order valence-corrected chi connectivity index (χ0v) is 18.9. The van der Waals surface area contributed by atoms with Gasteiger partial charge in [0.05, 0.1) is 34.4 Å². The van der Waals surface area contributed by atoms with Gasteiger partial charge in [0.15, 0.2) is 9.84 Å². The largest absolute Gasteiger partial charge is 0.416 e. The van der Waals surface area contributed by atoms with Crippen molar-refractivity contribution in [2.24, 2.45) is 11.0 Å². The van der Waals surface area contributed by atoms with E-state index in [1.807, 2.05) is 0 Å². The molecular formula is C23H18F6N2O3S. The SMILES string of the molecule is CC(=O)N1N=C2C(=Cc3cccc(C(F)(F)F)c3)CS(=O)(=O)CC2C1c1cccc(C(F)(F)F)c1. The summed E-state index contributed by atoms with van der Waals surface area (Å²) in [5, 5.41) is 5.18. The summed E-state index contributed by atoms with van der Waals surface area (Å²) < 4.78 is 105. The fourth-order valence-electron chi connectivity index (χ4n) is 4.35. The van der Waals surface area contributed by atoms with Gasteiger partial charge in [0.1, 0.15) is 0 Å². The Morgan fingerprint density at radius 3 is 2.20 bits per heavy atom. The van der Waals surface area contributed by atoms with Gasteiger partial charge < -0.3 is 0 Å². The minimum absolute atomic E-state index is 0.0503. The molecule has 2 aromatic rings. The third kappa shape index (κ3) is 5.12. The number of benzene rings is 2. The Labute approximate surface area is 196 Å². The van der Waals surface area contributed by atoms with Crippen LogP contribution in [0.4, 0.5) is 26.3 Å². The van der Waals surface area contributed by atoms with Gasteiger partial charge in [-0.05, 0) is 47.0 Å². The van der Waals surface area contributed by atoms with E-state index in [9.17, 15) is 39.6 Å². The van der Waals surface area contributed by atoms with Crippen molar-refractivity contribution in [1.29, 1.82) is 0 Å². The van der Waals surface area contributed by atoms with Crippen molar-refractivity contribution < 1.29 is 39.6 Å². The highest BCUT2D eigenvalue weighted by atomic mass is 32.2. The van der Waals surface area contributed by atoms with Crippen molar-refractivity contribution >= 4 is 27.5 Å². The quantitative estimate of drug-likeness (QED) is 0.521. The minimum Gasteiger partial charge on any atom is -0.273 e. The van der Waals surface area contributed by atoms with E-state index in [4.69, 9.17) is 0 Å². The maximum absolute atomic E-state index is 13.3. The number of nitrogens with zero attached hydrogens (tertiary/aromatic N) is 2. The standard InChI is InChI=1S/C23H18F6N2O3S/c1-13(32)31-21(15-5-3-7-18(10-15)23(27,28)29)19-12-35(33,34)11-16(20(19)30-31)8-14-4-2-6-17(9-14)22(24,25)26/h2-10,19,21H,11-12H2,1H3. The number of rotatable bonds is 2. The number of hydrogen-bond acceptors (Lipinski definition) is 4. The number of hydrazone groups is 1. The lowest BCUT2D eigenvalue weighted by Gasteiger charge is -2.29. The molecule has 0 spiro atoms. The van der Waals surface area contributed by atoms with Crippen LogP contribution >= 0.6 is 0 Å². The van der Waals surface area contributed by atoms with Gasteiger partial charge in [-0.15, -0.1) is 0 Å². The molecule has 2 heterocycles. The van der Waals surface area contributed by atoms with Gasteiger partial charge in [-0.1, -0.05) is 24.3 Å². The summed E-state index contributed by atoms with van der Waals surface area (Å²) in [6.45, 7) is 1.15. The Balaban J connectivity index is 1.82. The van der Waals surface area contributed by atoms with Crippen LogP contribution in [0.2, 0.25) is 0 Å². The van der Waals surface area contributed by atoms with Crippen LogP contribution in [0.5, 0.6) is 0 Å². The first-order chi connectivity index (χ1) is 16.2. The predicted molar refractivity (Wildman–Crippen MR) is 116 cm³/mol. The van der Waals surface area contributed by atoms with Gasteiger partial charge in [-0.3, -0.25) is 4.79 Å². The first-order valence-electron chi connectivity index (χ1n) is 10.3. The minimum atomic E-state index is -4.66. The average molecular weight is 516 g/mol. The summed E-state index contributed by atoms with van der Waals surface area (Å²) in [4.78, 5) is 12.3. The molecule has 12 heteroatoms. The van der Waals surface area contributed by atoms with E-state index in [2.05, 4.69) is 5.10 Å². The predicted octanol–water partition coefficient (Wildman–Crippen LogP) is 5.11. The van der Waals surface area contributed by atoms with Crippen molar-refractivity contribution in [3.63, 3.8) is 0 Å². The van der Waals surface area contributed by atoms with Crippen LogP contribution in [0.1, 0.15) is 35.2 Å². The molecule has 0 aromatic heterocycles. The Morgan fingerprint density at radius 2 is 1.60 bits per heavy atom. The Bertz CT molecular complexity index is 1350. The highest BCUT2D eigenvalue weighted by molar-refractivity contribution is 7.91. The van der Waals surface area contributed by atoms with Gasteiger partial charge >= 0.3 is 12.4 Å². The molecule has 2 aliphatic heterocycles. The van der Waals surface area contributed by atoms with Gasteiger partial charge in [0.2, 0.25) is 5.91 Å². The summed E-state index contributed by atoms with van der Waals surface area (Å²) in [6.07, 6.45) is -8.02. The number of carbonyl (C=O) groups excluding carboxylic acids is 1. The van der Waals surface area contributed by atoms with Crippen molar-refractivity contribution in [1.82, 2.24) is 5.01 Å². The van der Waals surface area contributed by atoms with Gasteiger partial charge in [-0.2, -0.15) is 31.4 Å². The molecule has 0 bridgehead atoms. The molecule has 1 saturated heterocycles. The average Bonchev–Trinajstić information content (AvgIpc) is 3.11. The monoisotopic (exact) mass is 516 g/mol. The van der Waals surface area contributed by atoms with Crippen molar-refractivity contribution in [2.45, 2.75) is 25.3 Å². The Morgan fingerprint density at radius 1 is 1.00 bits per heavy atom. The number of alkyl halides is 6. The van der Waals surface area contributed by atoms with Crippen LogP contribution in [0.25, 0.3) is 6.08 Å². The van der Waals surface area contributed by atoms with E-state index in [1.165, 1.54) is 24.3 Å². The van der Waals surface area contributed by atoms with Crippen LogP contribution in [-0.4, -0.2) is 36.6 Å². The third-order valence-electron chi connectivity index (χ3n) is 5.78. The molecule has 2 atom stereocenters. The molecule has 0 radical (unpaired) electrons. The number of fused-ring (bicyclic) bond motifs is 1. The van der Waals surface area contributed by atoms with Gasteiger partial charge in [-0.25, -0.2) is 13.4 Å². The highest BCUT2D eigenvalue weighted by Gasteiger charge is 2.47. The summed E-state index contributed by atoms with van der Waals surface area (Å²) >= 11 is 0. The van der Waals surface area contributed by atoms with E-state index in [0.29, 0.717) is 0 Å². The lowest BCUT2D eigenvalue weighted by molar-refractivity contribution is -0.138. The van der Waals surface area contributed by atoms with Crippen LogP contribution in [0.3, 0.4) is 0 Å². The molecule has 4 rings (SSSR count). The number of carbonyl (C=O) groups is 1. The number of amides is 1. The third-order valence-corrected chi connectivity index (χ3v) is 7.40. The zero-order valence-electron chi connectivity index (χ0n) is 18.1. The number of hydrogen-bond donors (Lipinski definition) is 0. The molecule has 1 amide bonds. The first kappa shape index (κ1) is 25.0.